The third-order valence-corrected chi connectivity index (χ3v) is 3.01. The molecule has 1 heterocycles. The summed E-state index contributed by atoms with van der Waals surface area (Å²) in [5.74, 6) is 2.45. The predicted octanol–water partition coefficient (Wildman–Crippen LogP) is 3.17. The highest BCUT2D eigenvalue weighted by molar-refractivity contribution is 5.64. The highest BCUT2D eigenvalue weighted by Gasteiger charge is 2.10. The van der Waals surface area contributed by atoms with Crippen LogP contribution in [0.15, 0.2) is 24.3 Å². The van der Waals surface area contributed by atoms with Crippen molar-refractivity contribution in [2.75, 3.05) is 12.8 Å². The van der Waals surface area contributed by atoms with Crippen LogP contribution in [0.5, 0.6) is 5.75 Å². The Kier molecular flexibility index (Phi) is 3.69. The number of hydrogen-bond acceptors (Lipinski definition) is 4. The number of nitrogens with zero attached hydrogens (tertiary/aromatic N) is 2. The predicted molar refractivity (Wildman–Crippen MR) is 77.3 cm³/mol. The van der Waals surface area contributed by atoms with E-state index in [-0.39, 0.29) is 0 Å². The van der Waals surface area contributed by atoms with Crippen LogP contribution in [0.4, 0.5) is 5.82 Å². The van der Waals surface area contributed by atoms with E-state index in [0.29, 0.717) is 17.6 Å². The van der Waals surface area contributed by atoms with E-state index in [1.54, 1.807) is 13.2 Å². The first kappa shape index (κ1) is 13.3. The van der Waals surface area contributed by atoms with Crippen molar-refractivity contribution in [3.8, 4) is 17.0 Å². The van der Waals surface area contributed by atoms with Crippen LogP contribution in [0.25, 0.3) is 11.3 Å². The van der Waals surface area contributed by atoms with Gasteiger partial charge in [0, 0.05) is 11.6 Å². The van der Waals surface area contributed by atoms with Crippen molar-refractivity contribution in [3.05, 3.63) is 35.7 Å². The summed E-state index contributed by atoms with van der Waals surface area (Å²) in [6.45, 7) is 6.12. The molecule has 0 amide bonds. The van der Waals surface area contributed by atoms with Crippen molar-refractivity contribution >= 4 is 5.82 Å². The van der Waals surface area contributed by atoms with Crippen LogP contribution in [-0.4, -0.2) is 17.1 Å². The molecule has 0 saturated carbocycles. The average Bonchev–Trinajstić information content (AvgIpc) is 2.36. The van der Waals surface area contributed by atoms with Gasteiger partial charge in [0.15, 0.2) is 0 Å². The second kappa shape index (κ2) is 5.26. The molecular weight excluding hydrogens is 238 g/mol. The van der Waals surface area contributed by atoms with Crippen molar-refractivity contribution in [3.63, 3.8) is 0 Å². The van der Waals surface area contributed by atoms with Gasteiger partial charge in [-0.25, -0.2) is 9.97 Å². The van der Waals surface area contributed by atoms with E-state index < -0.39 is 0 Å². The lowest BCUT2D eigenvalue weighted by Crippen LogP contribution is -1.99. The van der Waals surface area contributed by atoms with E-state index in [1.807, 2.05) is 19.1 Å². The number of nitrogen functional groups attached to an aromatic ring is 1. The zero-order valence-electron chi connectivity index (χ0n) is 11.8. The van der Waals surface area contributed by atoms with Gasteiger partial charge in [-0.1, -0.05) is 13.8 Å². The van der Waals surface area contributed by atoms with Crippen LogP contribution in [0.3, 0.4) is 0 Å². The third kappa shape index (κ3) is 2.84. The zero-order valence-corrected chi connectivity index (χ0v) is 11.8. The number of nitrogens with two attached hydrogens (primary N) is 1. The van der Waals surface area contributed by atoms with Crippen LogP contribution < -0.4 is 10.5 Å². The second-order valence-electron chi connectivity index (χ2n) is 4.84. The average molecular weight is 257 g/mol. The van der Waals surface area contributed by atoms with Gasteiger partial charge in [0.1, 0.15) is 17.4 Å². The van der Waals surface area contributed by atoms with E-state index in [4.69, 9.17) is 10.5 Å². The van der Waals surface area contributed by atoms with E-state index in [1.165, 1.54) is 0 Å². The van der Waals surface area contributed by atoms with Crippen molar-refractivity contribution in [2.45, 2.75) is 26.7 Å². The molecule has 2 rings (SSSR count). The summed E-state index contributed by atoms with van der Waals surface area (Å²) in [5, 5.41) is 0. The second-order valence-corrected chi connectivity index (χ2v) is 4.84. The first-order valence-corrected chi connectivity index (χ1v) is 6.30. The molecule has 2 aromatic rings. The van der Waals surface area contributed by atoms with Crippen molar-refractivity contribution in [1.29, 1.82) is 0 Å². The minimum Gasteiger partial charge on any atom is -0.496 e. The van der Waals surface area contributed by atoms with Gasteiger partial charge >= 0.3 is 0 Å². The Morgan fingerprint density at radius 3 is 2.47 bits per heavy atom. The van der Waals surface area contributed by atoms with Gasteiger partial charge < -0.3 is 10.5 Å². The Morgan fingerprint density at radius 1 is 1.16 bits per heavy atom. The highest BCUT2D eigenvalue weighted by atomic mass is 16.5. The Morgan fingerprint density at radius 2 is 1.89 bits per heavy atom. The molecule has 0 fully saturated rings. The van der Waals surface area contributed by atoms with E-state index >= 15 is 0 Å². The van der Waals surface area contributed by atoms with Crippen LogP contribution in [-0.2, 0) is 0 Å². The molecule has 4 nitrogen and oxygen atoms in total. The number of methoxy groups -OCH3 is 1. The quantitative estimate of drug-likeness (QED) is 0.917. The lowest BCUT2D eigenvalue weighted by Gasteiger charge is -2.13. The first-order chi connectivity index (χ1) is 9.01. The summed E-state index contributed by atoms with van der Waals surface area (Å²) in [6, 6.07) is 7.86. The van der Waals surface area contributed by atoms with Crippen LogP contribution in [0.1, 0.15) is 31.2 Å². The number of hydrogen-bond donors (Lipinski definition) is 1. The molecule has 0 aliphatic heterocycles. The summed E-state index contributed by atoms with van der Waals surface area (Å²) in [4.78, 5) is 8.52. The summed E-state index contributed by atoms with van der Waals surface area (Å²) in [6.07, 6.45) is 0. The van der Waals surface area contributed by atoms with E-state index in [9.17, 15) is 0 Å². The number of benzene rings is 1. The van der Waals surface area contributed by atoms with Gasteiger partial charge in [-0.15, -0.1) is 0 Å². The molecule has 19 heavy (non-hydrogen) atoms. The molecular formula is C15H19N3O. The number of rotatable bonds is 3. The number of aryl methyl sites for hydroxylation is 1. The fourth-order valence-electron chi connectivity index (χ4n) is 2.08. The maximum Gasteiger partial charge on any atom is 0.128 e. The fraction of sp³-hybridized carbons (Fsp3) is 0.333. The van der Waals surface area contributed by atoms with Gasteiger partial charge in [-0.05, 0) is 36.6 Å². The van der Waals surface area contributed by atoms with Gasteiger partial charge in [0.2, 0.25) is 0 Å². The normalized spacial score (nSPS) is 10.8. The molecule has 0 unspecified atom stereocenters. The van der Waals surface area contributed by atoms with Gasteiger partial charge in [0.05, 0.1) is 12.8 Å². The first-order valence-electron chi connectivity index (χ1n) is 6.30. The summed E-state index contributed by atoms with van der Waals surface area (Å²) >= 11 is 0. The third-order valence-electron chi connectivity index (χ3n) is 3.01. The topological polar surface area (TPSA) is 61.0 Å². The van der Waals surface area contributed by atoms with Crippen molar-refractivity contribution < 1.29 is 4.74 Å². The smallest absolute Gasteiger partial charge is 0.128 e. The van der Waals surface area contributed by atoms with Crippen LogP contribution in [0.2, 0.25) is 0 Å². The van der Waals surface area contributed by atoms with Crippen LogP contribution >= 0.6 is 0 Å². The molecule has 0 aliphatic carbocycles. The molecule has 1 aromatic carbocycles. The fourth-order valence-corrected chi connectivity index (χ4v) is 2.08. The molecule has 0 bridgehead atoms. The zero-order chi connectivity index (χ0) is 14.0. The summed E-state index contributed by atoms with van der Waals surface area (Å²) in [5.41, 5.74) is 8.81. The van der Waals surface area contributed by atoms with E-state index in [0.717, 1.165) is 22.6 Å². The van der Waals surface area contributed by atoms with Gasteiger partial charge in [0.25, 0.3) is 0 Å². The minimum atomic E-state index is 0.384. The standard InChI is InChI=1S/C15H19N3O/c1-9(2)12-7-11(5-6-14(12)19-4)13-8-15(16)18-10(3)17-13/h5-9H,1-4H3,(H2,16,17,18). The highest BCUT2D eigenvalue weighted by Crippen LogP contribution is 2.31. The largest absolute Gasteiger partial charge is 0.496 e. The number of anilines is 1. The molecule has 2 N–H and O–H groups in total. The molecule has 0 atom stereocenters. The molecule has 100 valence electrons. The maximum atomic E-state index is 5.77. The van der Waals surface area contributed by atoms with Crippen LogP contribution in [0, 0.1) is 6.92 Å². The molecule has 1 aromatic heterocycles. The monoisotopic (exact) mass is 257 g/mol. The summed E-state index contributed by atoms with van der Waals surface area (Å²) in [7, 11) is 1.69. The maximum absolute atomic E-state index is 5.77. The SMILES string of the molecule is COc1ccc(-c2cc(N)nc(C)n2)cc1C(C)C. The molecule has 0 saturated heterocycles. The van der Waals surface area contributed by atoms with Crippen molar-refractivity contribution in [1.82, 2.24) is 9.97 Å². The van der Waals surface area contributed by atoms with E-state index in [2.05, 4.69) is 29.9 Å². The molecule has 0 radical (unpaired) electrons. The number of ether oxygens (including phenoxy) is 1. The Bertz CT molecular complexity index is 574. The molecule has 0 aliphatic rings. The Labute approximate surface area is 113 Å². The molecule has 0 spiro atoms. The Balaban J connectivity index is 2.53. The summed E-state index contributed by atoms with van der Waals surface area (Å²) < 4.78 is 5.39. The number of aromatic nitrogens is 2. The van der Waals surface area contributed by atoms with Gasteiger partial charge in [-0.3, -0.25) is 0 Å². The van der Waals surface area contributed by atoms with Gasteiger partial charge in [-0.2, -0.15) is 0 Å². The van der Waals surface area contributed by atoms with Crippen molar-refractivity contribution in [2.24, 2.45) is 0 Å². The lowest BCUT2D eigenvalue weighted by atomic mass is 9.98. The molecule has 4 heteroatoms. The minimum absolute atomic E-state index is 0.384. The Hall–Kier alpha value is -2.10. The lowest BCUT2D eigenvalue weighted by molar-refractivity contribution is 0.407.